The van der Waals surface area contributed by atoms with Gasteiger partial charge in [0.2, 0.25) is 5.95 Å². The Balaban J connectivity index is 1.47. The van der Waals surface area contributed by atoms with Crippen molar-refractivity contribution in [1.82, 2.24) is 20.2 Å². The smallest absolute Gasteiger partial charge is 0.328 e. The van der Waals surface area contributed by atoms with Crippen LogP contribution in [0.2, 0.25) is 0 Å². The zero-order chi connectivity index (χ0) is 21.5. The maximum atomic E-state index is 14.5. The molecule has 0 unspecified atom stereocenters. The molecule has 8 nitrogen and oxygen atoms in total. The van der Waals surface area contributed by atoms with E-state index in [1.54, 1.807) is 0 Å². The minimum atomic E-state index is -0.905. The van der Waals surface area contributed by atoms with Gasteiger partial charge in [-0.25, -0.2) is 18.5 Å². The SMILES string of the molecule is O=C1NCc2c(nc(N3CCC(N4CCCC4)CC3)[nH]c2=O)N1c1c(F)cccc1F. The zero-order valence-corrected chi connectivity index (χ0v) is 17.0. The van der Waals surface area contributed by atoms with E-state index >= 15 is 0 Å². The molecule has 2 N–H and O–H groups in total. The normalized spacial score (nSPS) is 20.1. The van der Waals surface area contributed by atoms with Crippen LogP contribution < -0.4 is 20.7 Å². The van der Waals surface area contributed by atoms with Crippen LogP contribution in [-0.4, -0.2) is 53.1 Å². The second-order valence-corrected chi connectivity index (χ2v) is 8.22. The minimum absolute atomic E-state index is 0.0341. The van der Waals surface area contributed by atoms with Gasteiger partial charge in [-0.15, -0.1) is 0 Å². The monoisotopic (exact) mass is 430 g/mol. The summed E-state index contributed by atoms with van der Waals surface area (Å²) in [4.78, 5) is 37.9. The van der Waals surface area contributed by atoms with Crippen molar-refractivity contribution in [1.29, 1.82) is 0 Å². The van der Waals surface area contributed by atoms with Crippen LogP contribution in [0.4, 0.5) is 31.0 Å². The minimum Gasteiger partial charge on any atom is -0.342 e. The number of nitrogens with zero attached hydrogens (tertiary/aromatic N) is 4. The molecule has 4 heterocycles. The molecule has 2 amide bonds. The van der Waals surface area contributed by atoms with E-state index in [1.165, 1.54) is 18.9 Å². The molecule has 3 aliphatic heterocycles. The maximum absolute atomic E-state index is 14.5. The van der Waals surface area contributed by atoms with Gasteiger partial charge in [-0.1, -0.05) is 6.07 Å². The molecule has 0 radical (unpaired) electrons. The van der Waals surface area contributed by atoms with E-state index in [2.05, 4.69) is 20.2 Å². The van der Waals surface area contributed by atoms with Crippen molar-refractivity contribution < 1.29 is 13.6 Å². The van der Waals surface area contributed by atoms with Crippen molar-refractivity contribution in [3.8, 4) is 0 Å². The Morgan fingerprint density at radius 3 is 2.35 bits per heavy atom. The second-order valence-electron chi connectivity index (χ2n) is 8.22. The first-order valence-electron chi connectivity index (χ1n) is 10.7. The van der Waals surface area contributed by atoms with E-state index in [9.17, 15) is 18.4 Å². The molecule has 2 saturated heterocycles. The predicted molar refractivity (Wildman–Crippen MR) is 112 cm³/mol. The lowest BCUT2D eigenvalue weighted by atomic mass is 10.0. The lowest BCUT2D eigenvalue weighted by Crippen LogP contribution is -2.47. The number of piperidine rings is 1. The number of nitrogens with one attached hydrogen (secondary N) is 2. The standard InChI is InChI=1S/C21H24F2N6O2/c22-15-4-3-5-16(23)17(15)29-18-14(12-24-21(29)31)19(30)26-20(25-18)28-10-6-13(7-11-28)27-8-1-2-9-27/h3-5,13H,1-2,6-12H2,(H,24,31)(H,25,26,30). The number of aromatic amines is 1. The summed E-state index contributed by atoms with van der Waals surface area (Å²) in [6.07, 6.45) is 4.38. The molecule has 2 fully saturated rings. The van der Waals surface area contributed by atoms with E-state index in [-0.39, 0.29) is 17.9 Å². The van der Waals surface area contributed by atoms with Gasteiger partial charge in [-0.3, -0.25) is 9.78 Å². The number of carbonyl (C=O) groups excluding carboxylic acids is 1. The molecule has 0 spiro atoms. The average Bonchev–Trinajstić information content (AvgIpc) is 3.30. The molecule has 0 bridgehead atoms. The van der Waals surface area contributed by atoms with Crippen LogP contribution in [0.15, 0.2) is 23.0 Å². The summed E-state index contributed by atoms with van der Waals surface area (Å²) in [6, 6.07) is 3.15. The predicted octanol–water partition coefficient (Wildman–Crippen LogP) is 2.47. The number of rotatable bonds is 3. The third kappa shape index (κ3) is 3.54. The van der Waals surface area contributed by atoms with Crippen LogP contribution in [0.3, 0.4) is 0 Å². The van der Waals surface area contributed by atoms with Gasteiger partial charge in [-0.2, -0.15) is 4.98 Å². The topological polar surface area (TPSA) is 84.6 Å². The molecule has 0 saturated carbocycles. The fourth-order valence-electron chi connectivity index (χ4n) is 4.77. The maximum Gasteiger partial charge on any atom is 0.328 e. The Bertz CT molecular complexity index is 1040. The van der Waals surface area contributed by atoms with Gasteiger partial charge >= 0.3 is 6.03 Å². The molecule has 10 heteroatoms. The molecule has 1 aromatic carbocycles. The number of benzene rings is 1. The number of para-hydroxylation sites is 1. The van der Waals surface area contributed by atoms with Crippen LogP contribution in [0.1, 0.15) is 31.2 Å². The van der Waals surface area contributed by atoms with Gasteiger partial charge in [0.25, 0.3) is 5.56 Å². The van der Waals surface area contributed by atoms with Crippen LogP contribution in [-0.2, 0) is 6.54 Å². The second kappa shape index (κ2) is 7.92. The fraction of sp³-hybridized carbons (Fsp3) is 0.476. The quantitative estimate of drug-likeness (QED) is 0.782. The third-order valence-corrected chi connectivity index (χ3v) is 6.39. The van der Waals surface area contributed by atoms with Gasteiger partial charge in [-0.05, 0) is 50.9 Å². The van der Waals surface area contributed by atoms with E-state index in [4.69, 9.17) is 0 Å². The van der Waals surface area contributed by atoms with Crippen molar-refractivity contribution in [2.24, 2.45) is 0 Å². The Labute approximate surface area is 177 Å². The lowest BCUT2D eigenvalue weighted by Gasteiger charge is -2.37. The van der Waals surface area contributed by atoms with Crippen LogP contribution in [0.25, 0.3) is 0 Å². The number of halogens is 2. The largest absolute Gasteiger partial charge is 0.342 e. The molecule has 5 rings (SSSR count). The molecular weight excluding hydrogens is 406 g/mol. The first-order valence-corrected chi connectivity index (χ1v) is 10.7. The number of hydrogen-bond acceptors (Lipinski definition) is 5. The molecule has 31 heavy (non-hydrogen) atoms. The highest BCUT2D eigenvalue weighted by Crippen LogP contribution is 2.34. The molecule has 1 aromatic heterocycles. The Morgan fingerprint density at radius 2 is 1.68 bits per heavy atom. The van der Waals surface area contributed by atoms with Crippen LogP contribution in [0.5, 0.6) is 0 Å². The molecule has 3 aliphatic rings. The summed E-state index contributed by atoms with van der Waals surface area (Å²) in [5.74, 6) is -1.52. The zero-order valence-electron chi connectivity index (χ0n) is 17.0. The Morgan fingerprint density at radius 1 is 1.00 bits per heavy atom. The number of anilines is 3. The number of hydrogen-bond donors (Lipinski definition) is 2. The highest BCUT2D eigenvalue weighted by atomic mass is 19.1. The Kier molecular flexibility index (Phi) is 5.09. The Hall–Kier alpha value is -3.01. The highest BCUT2D eigenvalue weighted by Gasteiger charge is 2.34. The molecule has 2 aromatic rings. The average molecular weight is 430 g/mol. The lowest BCUT2D eigenvalue weighted by molar-refractivity contribution is 0.207. The highest BCUT2D eigenvalue weighted by molar-refractivity contribution is 6.01. The summed E-state index contributed by atoms with van der Waals surface area (Å²) in [5.41, 5.74) is -0.806. The van der Waals surface area contributed by atoms with Crippen molar-refractivity contribution in [2.45, 2.75) is 38.3 Å². The van der Waals surface area contributed by atoms with Crippen molar-refractivity contribution in [2.75, 3.05) is 36.0 Å². The third-order valence-electron chi connectivity index (χ3n) is 6.39. The first-order chi connectivity index (χ1) is 15.0. The summed E-state index contributed by atoms with van der Waals surface area (Å²) in [6.45, 7) is 3.64. The number of amides is 2. The number of carbonyl (C=O) groups is 1. The van der Waals surface area contributed by atoms with Crippen molar-refractivity contribution in [3.63, 3.8) is 0 Å². The number of aromatic nitrogens is 2. The van der Waals surface area contributed by atoms with E-state index in [1.807, 2.05) is 4.90 Å². The number of likely N-dealkylation sites (tertiary alicyclic amines) is 1. The van der Waals surface area contributed by atoms with E-state index in [0.29, 0.717) is 25.1 Å². The van der Waals surface area contributed by atoms with Crippen molar-refractivity contribution in [3.05, 3.63) is 45.8 Å². The van der Waals surface area contributed by atoms with Gasteiger partial charge in [0.1, 0.15) is 17.3 Å². The number of urea groups is 1. The van der Waals surface area contributed by atoms with Gasteiger partial charge in [0, 0.05) is 19.1 Å². The van der Waals surface area contributed by atoms with E-state index < -0.39 is 28.9 Å². The molecule has 164 valence electrons. The van der Waals surface area contributed by atoms with Crippen LogP contribution >= 0.6 is 0 Å². The summed E-state index contributed by atoms with van der Waals surface area (Å²) >= 11 is 0. The van der Waals surface area contributed by atoms with Crippen LogP contribution in [0, 0.1) is 11.6 Å². The van der Waals surface area contributed by atoms with Gasteiger partial charge < -0.3 is 15.1 Å². The first kappa shape index (κ1) is 19.9. The summed E-state index contributed by atoms with van der Waals surface area (Å²) in [7, 11) is 0. The van der Waals surface area contributed by atoms with E-state index in [0.717, 1.165) is 43.0 Å². The fourth-order valence-corrected chi connectivity index (χ4v) is 4.77. The summed E-state index contributed by atoms with van der Waals surface area (Å²) < 4.78 is 28.9. The van der Waals surface area contributed by atoms with Gasteiger partial charge in [0.15, 0.2) is 5.82 Å². The van der Waals surface area contributed by atoms with Gasteiger partial charge in [0.05, 0.1) is 12.1 Å². The molecular formula is C21H24F2N6O2. The van der Waals surface area contributed by atoms with Crippen molar-refractivity contribution >= 4 is 23.5 Å². The number of fused-ring (bicyclic) bond motifs is 1. The number of H-pyrrole nitrogens is 1. The molecule has 0 atom stereocenters. The molecule has 0 aliphatic carbocycles. The summed E-state index contributed by atoms with van der Waals surface area (Å²) in [5, 5.41) is 2.49.